The minimum absolute atomic E-state index is 0.107. The number of hydrogen-bond acceptors (Lipinski definition) is 5. The van der Waals surface area contributed by atoms with E-state index in [1.54, 1.807) is 39.1 Å². The second-order valence-corrected chi connectivity index (χ2v) is 10.2. The number of nitrogens with one attached hydrogen (secondary N) is 1. The maximum Gasteiger partial charge on any atom is 0.200 e. The first-order chi connectivity index (χ1) is 11.8. The standard InChI is InChI=1S/C18H26N4O2S/c1-18(2,3)25(23,24)17-9-8-14(12-20-17)19-13-15-10-11-22(21-15)16-6-4-5-7-16/h8-12,16,19H,4-7,13H2,1-3H3. The number of hydrogen-bond donors (Lipinski definition) is 1. The monoisotopic (exact) mass is 362 g/mol. The zero-order chi connectivity index (χ0) is 18.1. The van der Waals surface area contributed by atoms with Gasteiger partial charge in [-0.1, -0.05) is 12.8 Å². The highest BCUT2D eigenvalue weighted by atomic mass is 32.2. The van der Waals surface area contributed by atoms with E-state index in [0.29, 0.717) is 12.6 Å². The summed E-state index contributed by atoms with van der Waals surface area (Å²) < 4.78 is 26.0. The average molecular weight is 362 g/mol. The van der Waals surface area contributed by atoms with Gasteiger partial charge in [-0.25, -0.2) is 13.4 Å². The van der Waals surface area contributed by atoms with E-state index in [4.69, 9.17) is 0 Å². The lowest BCUT2D eigenvalue weighted by atomic mass is 10.3. The highest BCUT2D eigenvalue weighted by Crippen LogP contribution is 2.28. The van der Waals surface area contributed by atoms with Crippen molar-refractivity contribution in [2.45, 2.75) is 68.8 Å². The van der Waals surface area contributed by atoms with E-state index >= 15 is 0 Å². The summed E-state index contributed by atoms with van der Waals surface area (Å²) in [4.78, 5) is 4.12. The maximum absolute atomic E-state index is 12.4. The minimum Gasteiger partial charge on any atom is -0.378 e. The van der Waals surface area contributed by atoms with Crippen molar-refractivity contribution in [1.29, 1.82) is 0 Å². The Morgan fingerprint density at radius 3 is 2.52 bits per heavy atom. The van der Waals surface area contributed by atoms with Crippen LogP contribution in [0.15, 0.2) is 35.6 Å². The fraction of sp³-hybridized carbons (Fsp3) is 0.556. The lowest BCUT2D eigenvalue weighted by molar-refractivity contribution is 0.463. The van der Waals surface area contributed by atoms with E-state index in [9.17, 15) is 8.42 Å². The maximum atomic E-state index is 12.4. The first kappa shape index (κ1) is 17.9. The highest BCUT2D eigenvalue weighted by molar-refractivity contribution is 7.92. The molecule has 2 aromatic heterocycles. The number of pyridine rings is 1. The van der Waals surface area contributed by atoms with Crippen molar-refractivity contribution in [3.05, 3.63) is 36.3 Å². The predicted molar refractivity (Wildman–Crippen MR) is 98.2 cm³/mol. The molecule has 1 aliphatic rings. The van der Waals surface area contributed by atoms with Gasteiger partial charge in [0.25, 0.3) is 0 Å². The fourth-order valence-corrected chi connectivity index (χ4v) is 4.06. The number of aromatic nitrogens is 3. The van der Waals surface area contributed by atoms with E-state index in [0.717, 1.165) is 11.4 Å². The van der Waals surface area contributed by atoms with Gasteiger partial charge in [-0.05, 0) is 51.8 Å². The first-order valence-electron chi connectivity index (χ1n) is 8.76. The second-order valence-electron chi connectivity index (χ2n) is 7.58. The molecule has 6 nitrogen and oxygen atoms in total. The molecule has 0 saturated heterocycles. The molecule has 0 atom stereocenters. The van der Waals surface area contributed by atoms with Crippen LogP contribution in [0.5, 0.6) is 0 Å². The van der Waals surface area contributed by atoms with E-state index in [1.165, 1.54) is 25.7 Å². The van der Waals surface area contributed by atoms with Crippen molar-refractivity contribution in [1.82, 2.24) is 14.8 Å². The Morgan fingerprint density at radius 2 is 1.92 bits per heavy atom. The van der Waals surface area contributed by atoms with Crippen LogP contribution in [0.2, 0.25) is 0 Å². The van der Waals surface area contributed by atoms with Crippen LogP contribution >= 0.6 is 0 Å². The summed E-state index contributed by atoms with van der Waals surface area (Å²) >= 11 is 0. The third-order valence-electron chi connectivity index (χ3n) is 4.65. The quantitative estimate of drug-likeness (QED) is 0.880. The SMILES string of the molecule is CC(C)(C)S(=O)(=O)c1ccc(NCc2ccn(C3CCCC3)n2)cn1. The minimum atomic E-state index is -3.42. The van der Waals surface area contributed by atoms with Crippen LogP contribution < -0.4 is 5.32 Å². The van der Waals surface area contributed by atoms with Crippen LogP contribution in [0.4, 0.5) is 5.69 Å². The highest BCUT2D eigenvalue weighted by Gasteiger charge is 2.31. The van der Waals surface area contributed by atoms with Crippen molar-refractivity contribution in [3.63, 3.8) is 0 Å². The summed E-state index contributed by atoms with van der Waals surface area (Å²) in [5, 5.41) is 7.99. The normalized spacial score (nSPS) is 16.3. The van der Waals surface area contributed by atoms with Crippen LogP contribution in [0.25, 0.3) is 0 Å². The second kappa shape index (κ2) is 6.78. The molecule has 0 aromatic carbocycles. The van der Waals surface area contributed by atoms with Crippen LogP contribution in [0.3, 0.4) is 0 Å². The van der Waals surface area contributed by atoms with Gasteiger partial charge in [0, 0.05) is 6.20 Å². The van der Waals surface area contributed by atoms with Crippen LogP contribution in [-0.4, -0.2) is 27.9 Å². The number of anilines is 1. The summed E-state index contributed by atoms with van der Waals surface area (Å²) in [6.07, 6.45) is 8.60. The van der Waals surface area contributed by atoms with Gasteiger partial charge < -0.3 is 5.32 Å². The molecular formula is C18H26N4O2S. The molecule has 0 aliphatic heterocycles. The van der Waals surface area contributed by atoms with Crippen LogP contribution in [0, 0.1) is 0 Å². The molecule has 25 heavy (non-hydrogen) atoms. The topological polar surface area (TPSA) is 76.9 Å². The molecule has 7 heteroatoms. The summed E-state index contributed by atoms with van der Waals surface area (Å²) in [6.45, 7) is 5.62. The lowest BCUT2D eigenvalue weighted by Crippen LogP contribution is -2.28. The van der Waals surface area contributed by atoms with Gasteiger partial charge in [-0.2, -0.15) is 5.10 Å². The largest absolute Gasteiger partial charge is 0.378 e. The summed E-state index contributed by atoms with van der Waals surface area (Å²) in [7, 11) is -3.42. The third-order valence-corrected chi connectivity index (χ3v) is 7.06. The zero-order valence-corrected chi connectivity index (χ0v) is 15.9. The van der Waals surface area contributed by atoms with Crippen molar-refractivity contribution in [2.24, 2.45) is 0 Å². The van der Waals surface area contributed by atoms with Gasteiger partial charge in [0.05, 0.1) is 34.9 Å². The fourth-order valence-electron chi connectivity index (χ4n) is 2.99. The molecule has 2 aromatic rings. The zero-order valence-electron chi connectivity index (χ0n) is 15.1. The summed E-state index contributed by atoms with van der Waals surface area (Å²) in [5.74, 6) is 0. The molecule has 0 bridgehead atoms. The predicted octanol–water partition coefficient (Wildman–Crippen LogP) is 3.58. The van der Waals surface area contributed by atoms with E-state index in [1.807, 2.05) is 12.3 Å². The third kappa shape index (κ3) is 3.86. The van der Waals surface area contributed by atoms with E-state index in [-0.39, 0.29) is 5.03 Å². The summed E-state index contributed by atoms with van der Waals surface area (Å²) in [6, 6.07) is 5.87. The molecule has 1 fully saturated rings. The number of nitrogens with zero attached hydrogens (tertiary/aromatic N) is 3. The smallest absolute Gasteiger partial charge is 0.200 e. The molecule has 1 N–H and O–H groups in total. The van der Waals surface area contributed by atoms with Gasteiger partial charge in [-0.15, -0.1) is 0 Å². The van der Waals surface area contributed by atoms with Crippen molar-refractivity contribution in [2.75, 3.05) is 5.32 Å². The molecule has 1 saturated carbocycles. The Balaban J connectivity index is 1.62. The van der Waals surface area contributed by atoms with Crippen molar-refractivity contribution in [3.8, 4) is 0 Å². The first-order valence-corrected chi connectivity index (χ1v) is 10.2. The van der Waals surface area contributed by atoms with Gasteiger partial charge in [0.1, 0.15) is 0 Å². The van der Waals surface area contributed by atoms with Gasteiger partial charge in [0.15, 0.2) is 14.9 Å². The Hall–Kier alpha value is -1.89. The van der Waals surface area contributed by atoms with E-state index in [2.05, 4.69) is 20.1 Å². The molecule has 2 heterocycles. The molecule has 0 unspecified atom stereocenters. The summed E-state index contributed by atoms with van der Waals surface area (Å²) in [5.41, 5.74) is 1.75. The number of sulfone groups is 1. The number of rotatable bonds is 5. The molecule has 0 spiro atoms. The Kier molecular flexibility index (Phi) is 4.86. The molecule has 0 radical (unpaired) electrons. The van der Waals surface area contributed by atoms with Gasteiger partial charge >= 0.3 is 0 Å². The van der Waals surface area contributed by atoms with Crippen molar-refractivity contribution >= 4 is 15.5 Å². The lowest BCUT2D eigenvalue weighted by Gasteiger charge is -2.18. The Morgan fingerprint density at radius 1 is 1.20 bits per heavy atom. The Labute approximate surface area is 149 Å². The van der Waals surface area contributed by atoms with Crippen molar-refractivity contribution < 1.29 is 8.42 Å². The molecule has 3 rings (SSSR count). The molecule has 1 aliphatic carbocycles. The van der Waals surface area contributed by atoms with E-state index < -0.39 is 14.6 Å². The Bertz CT molecular complexity index is 814. The molecular weight excluding hydrogens is 336 g/mol. The van der Waals surface area contributed by atoms with Crippen LogP contribution in [0.1, 0.15) is 58.2 Å². The average Bonchev–Trinajstić information content (AvgIpc) is 3.23. The van der Waals surface area contributed by atoms with Gasteiger partial charge in [0.2, 0.25) is 0 Å². The van der Waals surface area contributed by atoms with Gasteiger partial charge in [-0.3, -0.25) is 4.68 Å². The molecule has 136 valence electrons. The van der Waals surface area contributed by atoms with Crippen LogP contribution in [-0.2, 0) is 16.4 Å². The molecule has 0 amide bonds.